The zero-order valence-electron chi connectivity index (χ0n) is 12.9. The van der Waals surface area contributed by atoms with Gasteiger partial charge in [0, 0.05) is 33.0 Å². The molecular weight excluding hydrogens is 264 g/mol. The van der Waals surface area contributed by atoms with Gasteiger partial charge in [-0.3, -0.25) is 0 Å². The van der Waals surface area contributed by atoms with Gasteiger partial charge in [-0.05, 0) is 18.9 Å². The van der Waals surface area contributed by atoms with Gasteiger partial charge >= 0.3 is 0 Å². The minimum absolute atomic E-state index is 0.730. The SMILES string of the molecule is COCCNCCc1ncc(CCc2ccc(C)cc2)o1. The number of ether oxygens (including phenoxy) is 1. The van der Waals surface area contributed by atoms with Gasteiger partial charge in [0.1, 0.15) is 5.76 Å². The molecule has 0 amide bonds. The summed E-state index contributed by atoms with van der Waals surface area (Å²) in [4.78, 5) is 4.32. The lowest BCUT2D eigenvalue weighted by Gasteiger charge is -2.01. The Hall–Kier alpha value is -1.65. The predicted molar refractivity (Wildman–Crippen MR) is 83.5 cm³/mol. The van der Waals surface area contributed by atoms with E-state index in [9.17, 15) is 0 Å². The molecule has 2 aromatic rings. The monoisotopic (exact) mass is 288 g/mol. The summed E-state index contributed by atoms with van der Waals surface area (Å²) in [6.45, 7) is 4.55. The first kappa shape index (κ1) is 15.7. The Morgan fingerprint density at radius 1 is 1.10 bits per heavy atom. The molecule has 0 aliphatic rings. The maximum absolute atomic E-state index is 5.75. The molecule has 4 nitrogen and oxygen atoms in total. The number of aryl methyl sites for hydroxylation is 3. The zero-order valence-corrected chi connectivity index (χ0v) is 12.9. The average molecular weight is 288 g/mol. The summed E-state index contributed by atoms with van der Waals surface area (Å²) in [7, 11) is 1.70. The molecule has 0 bridgehead atoms. The molecule has 0 aliphatic carbocycles. The maximum atomic E-state index is 5.75. The van der Waals surface area contributed by atoms with Crippen LogP contribution >= 0.6 is 0 Å². The van der Waals surface area contributed by atoms with Crippen molar-refractivity contribution in [2.45, 2.75) is 26.2 Å². The summed E-state index contributed by atoms with van der Waals surface area (Å²) in [6, 6.07) is 8.64. The zero-order chi connectivity index (χ0) is 14.9. The second kappa shape index (κ2) is 8.60. The number of rotatable bonds is 9. The minimum Gasteiger partial charge on any atom is -0.446 e. The van der Waals surface area contributed by atoms with Crippen LogP contribution in [0.5, 0.6) is 0 Å². The molecule has 0 aliphatic heterocycles. The van der Waals surface area contributed by atoms with Gasteiger partial charge in [-0.2, -0.15) is 0 Å². The van der Waals surface area contributed by atoms with Crippen molar-refractivity contribution in [2.24, 2.45) is 0 Å². The third-order valence-electron chi connectivity index (χ3n) is 3.38. The molecule has 4 heteroatoms. The number of aromatic nitrogens is 1. The van der Waals surface area contributed by atoms with E-state index in [0.29, 0.717) is 0 Å². The van der Waals surface area contributed by atoms with Crippen molar-refractivity contribution >= 4 is 0 Å². The molecule has 1 aromatic carbocycles. The van der Waals surface area contributed by atoms with Gasteiger partial charge < -0.3 is 14.5 Å². The van der Waals surface area contributed by atoms with E-state index in [0.717, 1.165) is 50.6 Å². The molecule has 0 saturated carbocycles. The second-order valence-electron chi connectivity index (χ2n) is 5.20. The van der Waals surface area contributed by atoms with Crippen molar-refractivity contribution in [3.63, 3.8) is 0 Å². The van der Waals surface area contributed by atoms with Gasteiger partial charge in [0.05, 0.1) is 12.8 Å². The minimum atomic E-state index is 0.730. The number of hydrogen-bond acceptors (Lipinski definition) is 4. The van der Waals surface area contributed by atoms with Crippen LogP contribution in [0.15, 0.2) is 34.9 Å². The Labute approximate surface area is 126 Å². The lowest BCUT2D eigenvalue weighted by molar-refractivity contribution is 0.199. The van der Waals surface area contributed by atoms with Crippen LogP contribution in [0.4, 0.5) is 0 Å². The van der Waals surface area contributed by atoms with E-state index in [1.807, 2.05) is 6.20 Å². The van der Waals surface area contributed by atoms with Gasteiger partial charge in [-0.25, -0.2) is 4.98 Å². The van der Waals surface area contributed by atoms with Crippen LogP contribution in [0.2, 0.25) is 0 Å². The third kappa shape index (κ3) is 5.69. The van der Waals surface area contributed by atoms with Crippen LogP contribution in [-0.2, 0) is 24.0 Å². The van der Waals surface area contributed by atoms with Crippen LogP contribution in [0, 0.1) is 6.92 Å². The first-order valence-electron chi connectivity index (χ1n) is 7.46. The van der Waals surface area contributed by atoms with Crippen molar-refractivity contribution in [2.75, 3.05) is 26.8 Å². The van der Waals surface area contributed by atoms with Gasteiger partial charge in [0.2, 0.25) is 0 Å². The van der Waals surface area contributed by atoms with E-state index in [1.54, 1.807) is 7.11 Å². The lowest BCUT2D eigenvalue weighted by atomic mass is 10.1. The smallest absolute Gasteiger partial charge is 0.195 e. The molecule has 1 aromatic heterocycles. The van der Waals surface area contributed by atoms with Crippen molar-refractivity contribution in [1.29, 1.82) is 0 Å². The molecular formula is C17H24N2O2. The Bertz CT molecular complexity index is 520. The number of methoxy groups -OCH3 is 1. The Morgan fingerprint density at radius 2 is 1.90 bits per heavy atom. The number of oxazole rings is 1. The van der Waals surface area contributed by atoms with Crippen LogP contribution in [-0.4, -0.2) is 31.8 Å². The highest BCUT2D eigenvalue weighted by atomic mass is 16.5. The van der Waals surface area contributed by atoms with Gasteiger partial charge in [-0.1, -0.05) is 29.8 Å². The quantitative estimate of drug-likeness (QED) is 0.720. The van der Waals surface area contributed by atoms with E-state index in [1.165, 1.54) is 11.1 Å². The summed E-state index contributed by atoms with van der Waals surface area (Å²) in [5, 5.41) is 3.28. The van der Waals surface area contributed by atoms with Crippen molar-refractivity contribution < 1.29 is 9.15 Å². The van der Waals surface area contributed by atoms with Crippen LogP contribution < -0.4 is 5.32 Å². The molecule has 1 N–H and O–H groups in total. The van der Waals surface area contributed by atoms with Gasteiger partial charge in [0.25, 0.3) is 0 Å². The molecule has 0 atom stereocenters. The summed E-state index contributed by atoms with van der Waals surface area (Å²) in [5.41, 5.74) is 2.63. The fourth-order valence-corrected chi connectivity index (χ4v) is 2.10. The molecule has 21 heavy (non-hydrogen) atoms. The third-order valence-corrected chi connectivity index (χ3v) is 3.38. The molecule has 114 valence electrons. The Balaban J connectivity index is 1.71. The van der Waals surface area contributed by atoms with E-state index >= 15 is 0 Å². The van der Waals surface area contributed by atoms with E-state index in [2.05, 4.69) is 41.5 Å². The molecule has 2 rings (SSSR count). The highest BCUT2D eigenvalue weighted by Crippen LogP contribution is 2.10. The first-order valence-corrected chi connectivity index (χ1v) is 7.46. The Kier molecular flexibility index (Phi) is 6.44. The number of benzene rings is 1. The van der Waals surface area contributed by atoms with E-state index in [-0.39, 0.29) is 0 Å². The van der Waals surface area contributed by atoms with Crippen LogP contribution in [0.3, 0.4) is 0 Å². The highest BCUT2D eigenvalue weighted by molar-refractivity contribution is 5.21. The van der Waals surface area contributed by atoms with Crippen molar-refractivity contribution in [3.05, 3.63) is 53.2 Å². The largest absolute Gasteiger partial charge is 0.446 e. The number of nitrogens with one attached hydrogen (secondary N) is 1. The molecule has 0 saturated heterocycles. The summed E-state index contributed by atoms with van der Waals surface area (Å²) in [5.74, 6) is 1.77. The number of nitrogens with zero attached hydrogens (tertiary/aromatic N) is 1. The van der Waals surface area contributed by atoms with Crippen molar-refractivity contribution in [1.82, 2.24) is 10.3 Å². The average Bonchev–Trinajstić information content (AvgIpc) is 2.94. The summed E-state index contributed by atoms with van der Waals surface area (Å²) < 4.78 is 10.7. The topological polar surface area (TPSA) is 47.3 Å². The van der Waals surface area contributed by atoms with Crippen LogP contribution in [0.25, 0.3) is 0 Å². The van der Waals surface area contributed by atoms with E-state index in [4.69, 9.17) is 9.15 Å². The lowest BCUT2D eigenvalue weighted by Crippen LogP contribution is -2.21. The summed E-state index contributed by atoms with van der Waals surface area (Å²) >= 11 is 0. The number of hydrogen-bond donors (Lipinski definition) is 1. The fraction of sp³-hybridized carbons (Fsp3) is 0.471. The second-order valence-corrected chi connectivity index (χ2v) is 5.20. The first-order chi connectivity index (χ1) is 10.3. The molecule has 0 fully saturated rings. The summed E-state index contributed by atoms with van der Waals surface area (Å²) in [6.07, 6.45) is 4.54. The predicted octanol–water partition coefficient (Wildman–Crippen LogP) is 2.55. The standard InChI is InChI=1S/C17H24N2O2/c1-14-3-5-15(6-4-14)7-8-16-13-19-17(21-16)9-10-18-11-12-20-2/h3-6,13,18H,7-12H2,1-2H3. The van der Waals surface area contributed by atoms with Crippen molar-refractivity contribution in [3.8, 4) is 0 Å². The normalized spacial score (nSPS) is 11.0. The Morgan fingerprint density at radius 3 is 2.67 bits per heavy atom. The molecule has 1 heterocycles. The fourth-order valence-electron chi connectivity index (χ4n) is 2.10. The molecule has 0 radical (unpaired) electrons. The van der Waals surface area contributed by atoms with E-state index < -0.39 is 0 Å². The van der Waals surface area contributed by atoms with Gasteiger partial charge in [0.15, 0.2) is 5.89 Å². The van der Waals surface area contributed by atoms with Crippen LogP contribution in [0.1, 0.15) is 22.8 Å². The molecule has 0 unspecified atom stereocenters. The van der Waals surface area contributed by atoms with Gasteiger partial charge in [-0.15, -0.1) is 0 Å². The highest BCUT2D eigenvalue weighted by Gasteiger charge is 2.04. The maximum Gasteiger partial charge on any atom is 0.195 e. The molecule has 0 spiro atoms.